The number of hydrogen-bond donors (Lipinski definition) is 2. The van der Waals surface area contributed by atoms with Crippen molar-refractivity contribution in [1.29, 1.82) is 0 Å². The van der Waals surface area contributed by atoms with E-state index in [-0.39, 0.29) is 24.5 Å². The van der Waals surface area contributed by atoms with Gasteiger partial charge in [-0.2, -0.15) is 0 Å². The van der Waals surface area contributed by atoms with E-state index in [2.05, 4.69) is 35.4 Å². The maximum Gasteiger partial charge on any atom is 0.258 e. The van der Waals surface area contributed by atoms with Crippen molar-refractivity contribution in [2.24, 2.45) is 0 Å². The van der Waals surface area contributed by atoms with Crippen LogP contribution >= 0.6 is 0 Å². The zero-order valence-electron chi connectivity index (χ0n) is 18.7. The number of hydrogen-bond acceptors (Lipinski definition) is 4. The second-order valence-electron chi connectivity index (χ2n) is 8.50. The fraction of sp³-hybridized carbons (Fsp3) is 0.440. The number of nitrogens with zero attached hydrogens (tertiary/aromatic N) is 1. The molecule has 2 amide bonds. The molecule has 31 heavy (non-hydrogen) atoms. The van der Waals surface area contributed by atoms with Gasteiger partial charge in [-0.25, -0.2) is 0 Å². The first-order valence-electron chi connectivity index (χ1n) is 11.0. The van der Waals surface area contributed by atoms with Gasteiger partial charge in [0.25, 0.3) is 5.91 Å². The fourth-order valence-electron chi connectivity index (χ4n) is 3.70. The smallest absolute Gasteiger partial charge is 0.258 e. The molecule has 0 saturated carbocycles. The average molecular weight is 424 g/mol. The molecule has 0 bridgehead atoms. The van der Waals surface area contributed by atoms with Gasteiger partial charge in [0.05, 0.1) is 6.54 Å². The van der Waals surface area contributed by atoms with Crippen molar-refractivity contribution in [3.8, 4) is 5.75 Å². The van der Waals surface area contributed by atoms with E-state index in [0.717, 1.165) is 42.9 Å². The molecule has 2 N–H and O–H groups in total. The second kappa shape index (κ2) is 11.0. The van der Waals surface area contributed by atoms with Gasteiger partial charge >= 0.3 is 0 Å². The highest BCUT2D eigenvalue weighted by Crippen LogP contribution is 2.24. The number of rotatable bonds is 8. The Labute approximate surface area is 185 Å². The topological polar surface area (TPSA) is 70.7 Å². The summed E-state index contributed by atoms with van der Waals surface area (Å²) in [6, 6.07) is 15.7. The molecule has 0 aromatic heterocycles. The van der Waals surface area contributed by atoms with Crippen molar-refractivity contribution in [2.75, 3.05) is 31.6 Å². The number of para-hydroxylation sites is 1. The predicted octanol–water partition coefficient (Wildman–Crippen LogP) is 3.72. The first-order chi connectivity index (χ1) is 14.9. The number of nitrogens with one attached hydrogen (secondary N) is 2. The normalized spacial score (nSPS) is 15.0. The molecule has 1 aliphatic rings. The van der Waals surface area contributed by atoms with Gasteiger partial charge in [-0.1, -0.05) is 44.2 Å². The van der Waals surface area contributed by atoms with Crippen LogP contribution in [-0.2, 0) is 9.59 Å². The van der Waals surface area contributed by atoms with E-state index in [9.17, 15) is 9.59 Å². The molecular weight excluding hydrogens is 390 g/mol. The Morgan fingerprint density at radius 2 is 1.77 bits per heavy atom. The number of carbonyl (C=O) groups is 2. The minimum absolute atomic E-state index is 0.0129. The first-order valence-corrected chi connectivity index (χ1v) is 11.0. The van der Waals surface area contributed by atoms with Crippen molar-refractivity contribution in [3.63, 3.8) is 0 Å². The molecule has 0 spiro atoms. The van der Waals surface area contributed by atoms with E-state index in [1.54, 1.807) is 0 Å². The van der Waals surface area contributed by atoms with E-state index in [0.29, 0.717) is 12.5 Å². The minimum Gasteiger partial charge on any atom is -0.483 e. The lowest BCUT2D eigenvalue weighted by molar-refractivity contribution is -0.124. The Balaban J connectivity index is 1.38. The van der Waals surface area contributed by atoms with E-state index in [1.807, 2.05) is 49.4 Å². The zero-order valence-corrected chi connectivity index (χ0v) is 18.7. The molecule has 2 aromatic rings. The van der Waals surface area contributed by atoms with Crippen LogP contribution < -0.4 is 15.4 Å². The maximum atomic E-state index is 12.4. The second-order valence-corrected chi connectivity index (χ2v) is 8.50. The summed E-state index contributed by atoms with van der Waals surface area (Å²) in [6.45, 7) is 8.21. The predicted molar refractivity (Wildman–Crippen MR) is 123 cm³/mol. The third-order valence-corrected chi connectivity index (χ3v) is 5.62. The van der Waals surface area contributed by atoms with Crippen molar-refractivity contribution in [2.45, 2.75) is 45.6 Å². The molecule has 1 aliphatic heterocycles. The van der Waals surface area contributed by atoms with Crippen molar-refractivity contribution in [1.82, 2.24) is 10.2 Å². The van der Waals surface area contributed by atoms with E-state index >= 15 is 0 Å². The highest BCUT2D eigenvalue weighted by Gasteiger charge is 2.22. The summed E-state index contributed by atoms with van der Waals surface area (Å²) in [5.74, 6) is 1.06. The summed E-state index contributed by atoms with van der Waals surface area (Å²) in [5.41, 5.74) is 3.03. The van der Waals surface area contributed by atoms with Crippen molar-refractivity contribution in [3.05, 3.63) is 59.7 Å². The maximum absolute atomic E-state index is 12.4. The van der Waals surface area contributed by atoms with Gasteiger partial charge in [-0.3, -0.25) is 14.5 Å². The Kier molecular flexibility index (Phi) is 8.06. The van der Waals surface area contributed by atoms with E-state index in [1.165, 1.54) is 5.56 Å². The lowest BCUT2D eigenvalue weighted by Crippen LogP contribution is -2.47. The van der Waals surface area contributed by atoms with Gasteiger partial charge in [-0.15, -0.1) is 0 Å². The summed E-state index contributed by atoms with van der Waals surface area (Å²) in [4.78, 5) is 26.7. The van der Waals surface area contributed by atoms with Crippen molar-refractivity contribution >= 4 is 17.5 Å². The molecule has 1 heterocycles. The number of anilines is 1. The molecule has 6 heteroatoms. The van der Waals surface area contributed by atoms with E-state index in [4.69, 9.17) is 4.74 Å². The molecule has 0 aliphatic carbocycles. The summed E-state index contributed by atoms with van der Waals surface area (Å²) in [7, 11) is 0. The summed E-state index contributed by atoms with van der Waals surface area (Å²) < 4.78 is 5.79. The standard InChI is InChI=1S/C25H33N3O3/c1-18(2)20-10-9-19(3)23(15-20)31-17-25(30)27-22-11-13-28(14-12-22)16-24(29)26-21-7-5-4-6-8-21/h4-10,15,18,22H,11-14,16-17H2,1-3H3,(H,26,29)(H,27,30). The van der Waals surface area contributed by atoms with E-state index < -0.39 is 0 Å². The lowest BCUT2D eigenvalue weighted by atomic mass is 10.0. The first kappa shape index (κ1) is 22.8. The highest BCUT2D eigenvalue weighted by molar-refractivity contribution is 5.92. The Bertz CT molecular complexity index is 875. The molecule has 3 rings (SSSR count). The monoisotopic (exact) mass is 423 g/mol. The number of amides is 2. The largest absolute Gasteiger partial charge is 0.483 e. The van der Waals surface area contributed by atoms with Crippen LogP contribution in [0.1, 0.15) is 43.7 Å². The third kappa shape index (κ3) is 7.10. The van der Waals surface area contributed by atoms with Crippen LogP contribution in [0.15, 0.2) is 48.5 Å². The molecule has 6 nitrogen and oxygen atoms in total. The Morgan fingerprint density at radius 3 is 2.45 bits per heavy atom. The average Bonchev–Trinajstić information content (AvgIpc) is 2.75. The number of carbonyl (C=O) groups excluding carboxylic acids is 2. The molecule has 1 fully saturated rings. The summed E-state index contributed by atoms with van der Waals surface area (Å²) in [5, 5.41) is 5.98. The zero-order chi connectivity index (χ0) is 22.2. The number of aryl methyl sites for hydroxylation is 1. The quantitative estimate of drug-likeness (QED) is 0.679. The van der Waals surface area contributed by atoms with Crippen LogP contribution in [0.25, 0.3) is 0 Å². The number of likely N-dealkylation sites (tertiary alicyclic amines) is 1. The molecule has 0 unspecified atom stereocenters. The minimum atomic E-state index is -0.102. The highest BCUT2D eigenvalue weighted by atomic mass is 16.5. The third-order valence-electron chi connectivity index (χ3n) is 5.62. The number of benzene rings is 2. The Morgan fingerprint density at radius 1 is 1.06 bits per heavy atom. The van der Waals surface area contributed by atoms with Crippen LogP contribution in [0.5, 0.6) is 5.75 Å². The van der Waals surface area contributed by atoms with Gasteiger partial charge in [0.1, 0.15) is 5.75 Å². The molecule has 0 atom stereocenters. The number of piperidine rings is 1. The SMILES string of the molecule is Cc1ccc(C(C)C)cc1OCC(=O)NC1CCN(CC(=O)Nc2ccccc2)CC1. The fourth-order valence-corrected chi connectivity index (χ4v) is 3.70. The number of ether oxygens (including phenoxy) is 1. The molecule has 1 saturated heterocycles. The van der Waals surface area contributed by atoms with Gasteiger partial charge < -0.3 is 15.4 Å². The molecule has 0 radical (unpaired) electrons. The van der Waals surface area contributed by atoms with Gasteiger partial charge in [0.15, 0.2) is 6.61 Å². The van der Waals surface area contributed by atoms with Gasteiger partial charge in [-0.05, 0) is 55.0 Å². The van der Waals surface area contributed by atoms with Crippen LogP contribution in [0.3, 0.4) is 0 Å². The van der Waals surface area contributed by atoms with Crippen LogP contribution in [-0.4, -0.2) is 49.0 Å². The van der Waals surface area contributed by atoms with Crippen molar-refractivity contribution < 1.29 is 14.3 Å². The van der Waals surface area contributed by atoms with Crippen LogP contribution in [0.4, 0.5) is 5.69 Å². The van der Waals surface area contributed by atoms with Crippen LogP contribution in [0, 0.1) is 6.92 Å². The lowest BCUT2D eigenvalue weighted by Gasteiger charge is -2.31. The Hall–Kier alpha value is -2.86. The van der Waals surface area contributed by atoms with Gasteiger partial charge in [0, 0.05) is 24.8 Å². The molecular formula is C25H33N3O3. The molecule has 166 valence electrons. The summed E-state index contributed by atoms with van der Waals surface area (Å²) in [6.07, 6.45) is 1.65. The van der Waals surface area contributed by atoms with Crippen LogP contribution in [0.2, 0.25) is 0 Å². The molecule has 2 aromatic carbocycles. The van der Waals surface area contributed by atoms with Gasteiger partial charge in [0.2, 0.25) is 5.91 Å². The summed E-state index contributed by atoms with van der Waals surface area (Å²) >= 11 is 0.